The summed E-state index contributed by atoms with van der Waals surface area (Å²) in [5, 5.41) is 0. The van der Waals surface area contributed by atoms with Crippen molar-refractivity contribution in [3.05, 3.63) is 35.4 Å². The summed E-state index contributed by atoms with van der Waals surface area (Å²) in [5.74, 6) is 1.88. The van der Waals surface area contributed by atoms with E-state index >= 15 is 0 Å². The summed E-state index contributed by atoms with van der Waals surface area (Å²) < 4.78 is 11.5. The normalized spacial score (nSPS) is 32.1. The van der Waals surface area contributed by atoms with Crippen molar-refractivity contribution >= 4 is 11.9 Å². The lowest BCUT2D eigenvalue weighted by molar-refractivity contribution is -0.101. The molecule has 1 unspecified atom stereocenters. The predicted molar refractivity (Wildman–Crippen MR) is 102 cm³/mol. The first kappa shape index (κ1) is 18.5. The van der Waals surface area contributed by atoms with Crippen molar-refractivity contribution in [2.24, 2.45) is 23.7 Å². The number of carbonyl (C=O) groups is 2. The molecular weight excluding hydrogens is 340 g/mol. The zero-order valence-corrected chi connectivity index (χ0v) is 16.4. The van der Waals surface area contributed by atoms with Crippen LogP contribution in [0.4, 0.5) is 0 Å². The molecule has 5 rings (SSSR count). The maximum atomic E-state index is 12.9. The first-order chi connectivity index (χ1) is 13.0. The fourth-order valence-corrected chi connectivity index (χ4v) is 5.81. The molecule has 27 heavy (non-hydrogen) atoms. The van der Waals surface area contributed by atoms with Crippen LogP contribution >= 0.6 is 0 Å². The molecule has 4 fully saturated rings. The van der Waals surface area contributed by atoms with Gasteiger partial charge >= 0.3 is 11.9 Å². The number of ether oxygens (including phenoxy) is 2. The van der Waals surface area contributed by atoms with E-state index in [0.717, 1.165) is 24.7 Å². The molecule has 0 saturated heterocycles. The van der Waals surface area contributed by atoms with E-state index in [2.05, 4.69) is 6.92 Å². The number of hydrogen-bond donors (Lipinski definition) is 0. The van der Waals surface area contributed by atoms with E-state index < -0.39 is 5.97 Å². The van der Waals surface area contributed by atoms with Gasteiger partial charge < -0.3 is 9.47 Å². The zero-order valence-electron chi connectivity index (χ0n) is 16.4. The third-order valence-electron chi connectivity index (χ3n) is 6.75. The summed E-state index contributed by atoms with van der Waals surface area (Å²) in [4.78, 5) is 25.5. The molecule has 1 atom stereocenters. The third kappa shape index (κ3) is 3.76. The Morgan fingerprint density at radius 1 is 0.963 bits per heavy atom. The molecule has 146 valence electrons. The van der Waals surface area contributed by atoms with E-state index in [4.69, 9.17) is 9.47 Å². The van der Waals surface area contributed by atoms with Crippen LogP contribution in [0.15, 0.2) is 24.3 Å². The average molecular weight is 370 g/mol. The highest BCUT2D eigenvalue weighted by Gasteiger charge is 2.50. The van der Waals surface area contributed by atoms with Crippen LogP contribution in [0.25, 0.3) is 0 Å². The van der Waals surface area contributed by atoms with Crippen molar-refractivity contribution < 1.29 is 19.1 Å². The summed E-state index contributed by atoms with van der Waals surface area (Å²) in [6.45, 7) is 3.94. The van der Waals surface area contributed by atoms with Gasteiger partial charge in [0.25, 0.3) is 0 Å². The lowest BCUT2D eigenvalue weighted by atomic mass is 9.55. The molecule has 0 amide bonds. The fourth-order valence-electron chi connectivity index (χ4n) is 5.81. The predicted octanol–water partition coefficient (Wildman–Crippen LogP) is 5.01. The lowest BCUT2D eigenvalue weighted by Crippen LogP contribution is -2.50. The molecule has 4 aliphatic rings. The SMILES string of the molecule is CCCC(C)OC(=O)c1ccccc1C(=O)OC1C2CC3CC(C2)CC1C3. The van der Waals surface area contributed by atoms with Crippen LogP contribution in [-0.4, -0.2) is 24.1 Å². The molecule has 4 saturated carbocycles. The van der Waals surface area contributed by atoms with Gasteiger partial charge in [0, 0.05) is 0 Å². The Labute approximate surface area is 161 Å². The minimum absolute atomic E-state index is 0.0217. The van der Waals surface area contributed by atoms with Gasteiger partial charge in [-0.1, -0.05) is 25.5 Å². The molecule has 4 bridgehead atoms. The van der Waals surface area contributed by atoms with Crippen molar-refractivity contribution in [2.75, 3.05) is 0 Å². The molecule has 4 nitrogen and oxygen atoms in total. The molecule has 0 aromatic heterocycles. The van der Waals surface area contributed by atoms with E-state index in [0.29, 0.717) is 23.0 Å². The van der Waals surface area contributed by atoms with Gasteiger partial charge in [-0.3, -0.25) is 0 Å². The fraction of sp³-hybridized carbons (Fsp3) is 0.652. The van der Waals surface area contributed by atoms with E-state index in [9.17, 15) is 9.59 Å². The quantitative estimate of drug-likeness (QED) is 0.660. The van der Waals surface area contributed by atoms with Crippen LogP contribution in [-0.2, 0) is 9.47 Å². The summed E-state index contributed by atoms with van der Waals surface area (Å²) in [5.41, 5.74) is 0.647. The van der Waals surface area contributed by atoms with Crippen molar-refractivity contribution in [3.63, 3.8) is 0 Å². The van der Waals surface area contributed by atoms with E-state index in [-0.39, 0.29) is 18.2 Å². The van der Waals surface area contributed by atoms with Gasteiger partial charge in [0.05, 0.1) is 17.2 Å². The summed E-state index contributed by atoms with van der Waals surface area (Å²) in [7, 11) is 0. The molecular formula is C23H30O4. The largest absolute Gasteiger partial charge is 0.459 e. The van der Waals surface area contributed by atoms with Gasteiger partial charge in [-0.05, 0) is 81.3 Å². The maximum absolute atomic E-state index is 12.9. The second-order valence-electron chi connectivity index (χ2n) is 8.85. The van der Waals surface area contributed by atoms with Gasteiger partial charge in [-0.2, -0.15) is 0 Å². The number of hydrogen-bond acceptors (Lipinski definition) is 4. The Morgan fingerprint density at radius 2 is 1.52 bits per heavy atom. The monoisotopic (exact) mass is 370 g/mol. The van der Waals surface area contributed by atoms with Gasteiger partial charge in [-0.25, -0.2) is 9.59 Å². The van der Waals surface area contributed by atoms with Crippen LogP contribution in [0.1, 0.15) is 79.5 Å². The Morgan fingerprint density at radius 3 is 2.07 bits per heavy atom. The highest BCUT2D eigenvalue weighted by molar-refractivity contribution is 6.03. The minimum Gasteiger partial charge on any atom is -0.459 e. The zero-order chi connectivity index (χ0) is 19.0. The van der Waals surface area contributed by atoms with Gasteiger partial charge in [0.1, 0.15) is 6.10 Å². The Kier molecular flexibility index (Phi) is 5.25. The molecule has 0 aliphatic heterocycles. The molecule has 1 aromatic carbocycles. The highest BCUT2D eigenvalue weighted by atomic mass is 16.6. The van der Waals surface area contributed by atoms with Crippen molar-refractivity contribution in [2.45, 2.75) is 71.0 Å². The molecule has 0 spiro atoms. The number of esters is 2. The van der Waals surface area contributed by atoms with Crippen molar-refractivity contribution in [3.8, 4) is 0 Å². The van der Waals surface area contributed by atoms with Crippen LogP contribution in [0.2, 0.25) is 0 Å². The summed E-state index contributed by atoms with van der Waals surface area (Å²) in [6, 6.07) is 6.88. The Bertz CT molecular complexity index is 682. The summed E-state index contributed by atoms with van der Waals surface area (Å²) >= 11 is 0. The van der Waals surface area contributed by atoms with Crippen LogP contribution < -0.4 is 0 Å². The number of rotatable bonds is 6. The molecule has 0 radical (unpaired) electrons. The molecule has 0 N–H and O–H groups in total. The summed E-state index contributed by atoms with van der Waals surface area (Å²) in [6.07, 6.45) is 7.79. The maximum Gasteiger partial charge on any atom is 0.339 e. The smallest absolute Gasteiger partial charge is 0.339 e. The average Bonchev–Trinajstić information content (AvgIpc) is 2.64. The lowest BCUT2D eigenvalue weighted by Gasteiger charge is -2.53. The van der Waals surface area contributed by atoms with Gasteiger partial charge in [0.2, 0.25) is 0 Å². The third-order valence-corrected chi connectivity index (χ3v) is 6.75. The standard InChI is InChI=1S/C23H30O4/c1-3-6-14(2)26-22(24)19-7-4-5-8-20(19)23(25)27-21-17-10-15-9-16(12-17)13-18(21)11-15/h4-5,7-8,14-18,21H,3,6,9-13H2,1-2H3. The minimum atomic E-state index is -0.436. The van der Waals surface area contributed by atoms with Crippen LogP contribution in [0.3, 0.4) is 0 Å². The first-order valence-corrected chi connectivity index (χ1v) is 10.6. The van der Waals surface area contributed by atoms with E-state index in [1.54, 1.807) is 24.3 Å². The van der Waals surface area contributed by atoms with E-state index in [1.807, 2.05) is 6.92 Å². The van der Waals surface area contributed by atoms with Gasteiger partial charge in [0.15, 0.2) is 0 Å². The Hall–Kier alpha value is -1.84. The van der Waals surface area contributed by atoms with Gasteiger partial charge in [-0.15, -0.1) is 0 Å². The molecule has 4 aliphatic carbocycles. The molecule has 0 heterocycles. The molecule has 4 heteroatoms. The second-order valence-corrected chi connectivity index (χ2v) is 8.85. The second kappa shape index (κ2) is 7.65. The first-order valence-electron chi connectivity index (χ1n) is 10.6. The number of benzene rings is 1. The number of carbonyl (C=O) groups excluding carboxylic acids is 2. The topological polar surface area (TPSA) is 52.6 Å². The van der Waals surface area contributed by atoms with E-state index in [1.165, 1.54) is 32.1 Å². The highest BCUT2D eigenvalue weighted by Crippen LogP contribution is 2.54. The molecule has 1 aromatic rings. The van der Waals surface area contributed by atoms with Crippen molar-refractivity contribution in [1.82, 2.24) is 0 Å². The van der Waals surface area contributed by atoms with Crippen LogP contribution in [0, 0.1) is 23.7 Å². The van der Waals surface area contributed by atoms with Crippen LogP contribution in [0.5, 0.6) is 0 Å². The Balaban J connectivity index is 1.47. The van der Waals surface area contributed by atoms with Crippen molar-refractivity contribution in [1.29, 1.82) is 0 Å².